The van der Waals surface area contributed by atoms with Crippen LogP contribution >= 0.6 is 15.9 Å². The molecule has 124 valence electrons. The van der Waals surface area contributed by atoms with E-state index in [2.05, 4.69) is 21.2 Å². The Balaban J connectivity index is 2.09. The van der Waals surface area contributed by atoms with E-state index in [0.29, 0.717) is 17.0 Å². The minimum Gasteiger partial charge on any atom is -0.483 e. The minimum absolute atomic E-state index is 0.0490. The van der Waals surface area contributed by atoms with E-state index in [4.69, 9.17) is 15.3 Å². The first kappa shape index (κ1) is 18.3. The van der Waals surface area contributed by atoms with Crippen LogP contribution in [-0.4, -0.2) is 12.5 Å². The number of aryl methyl sites for hydroxylation is 1. The van der Waals surface area contributed by atoms with Gasteiger partial charge in [0.2, 0.25) is 0 Å². The number of carbonyl (C=O) groups is 1. The van der Waals surface area contributed by atoms with Crippen molar-refractivity contribution in [2.75, 3.05) is 11.9 Å². The standard InChI is InChI=1S/C19H14BrN3O2/c1-13-2-5-17(6-3-13)23-19(24)12-25-18-7-4-16(20)9-15(18)8-14(10-21)11-22/h2-9H,12H2,1H3,(H,23,24). The molecule has 1 N–H and O–H groups in total. The highest BCUT2D eigenvalue weighted by atomic mass is 79.9. The number of nitriles is 2. The molecule has 0 radical (unpaired) electrons. The Labute approximate surface area is 154 Å². The van der Waals surface area contributed by atoms with Crippen molar-refractivity contribution < 1.29 is 9.53 Å². The second-order valence-corrected chi connectivity index (χ2v) is 6.08. The second-order valence-electron chi connectivity index (χ2n) is 5.17. The van der Waals surface area contributed by atoms with Gasteiger partial charge in [-0.3, -0.25) is 4.79 Å². The van der Waals surface area contributed by atoms with Gasteiger partial charge in [0.15, 0.2) is 6.61 Å². The molecule has 6 heteroatoms. The van der Waals surface area contributed by atoms with Crippen molar-refractivity contribution in [3.8, 4) is 17.9 Å². The van der Waals surface area contributed by atoms with Crippen LogP contribution in [0.5, 0.6) is 5.75 Å². The van der Waals surface area contributed by atoms with Crippen LogP contribution in [0.4, 0.5) is 5.69 Å². The molecule has 0 aromatic heterocycles. The number of benzene rings is 2. The third-order valence-corrected chi connectivity index (χ3v) is 3.70. The maximum atomic E-state index is 12.0. The summed E-state index contributed by atoms with van der Waals surface area (Å²) in [6.45, 7) is 1.78. The van der Waals surface area contributed by atoms with Gasteiger partial charge < -0.3 is 10.1 Å². The maximum absolute atomic E-state index is 12.0. The molecular weight excluding hydrogens is 382 g/mol. The molecule has 25 heavy (non-hydrogen) atoms. The van der Waals surface area contributed by atoms with Crippen LogP contribution in [0.3, 0.4) is 0 Å². The number of nitrogens with zero attached hydrogens (tertiary/aromatic N) is 2. The first-order valence-electron chi connectivity index (χ1n) is 7.32. The predicted octanol–water partition coefficient (Wildman–Crippen LogP) is 4.21. The average Bonchev–Trinajstić information content (AvgIpc) is 2.61. The zero-order valence-corrected chi connectivity index (χ0v) is 15.0. The van der Waals surface area contributed by atoms with Gasteiger partial charge in [0.1, 0.15) is 23.5 Å². The first-order chi connectivity index (χ1) is 12.0. The van der Waals surface area contributed by atoms with Crippen LogP contribution in [-0.2, 0) is 4.79 Å². The molecule has 2 rings (SSSR count). The lowest BCUT2D eigenvalue weighted by Gasteiger charge is -2.10. The topological polar surface area (TPSA) is 85.9 Å². The number of allylic oxidation sites excluding steroid dienone is 1. The van der Waals surface area contributed by atoms with Gasteiger partial charge in [-0.1, -0.05) is 33.6 Å². The molecular formula is C19H14BrN3O2. The lowest BCUT2D eigenvalue weighted by atomic mass is 10.1. The molecule has 0 aliphatic rings. The number of anilines is 1. The molecule has 0 aliphatic carbocycles. The summed E-state index contributed by atoms with van der Waals surface area (Å²) < 4.78 is 6.31. The molecule has 0 saturated heterocycles. The highest BCUT2D eigenvalue weighted by Gasteiger charge is 2.08. The molecule has 1 amide bonds. The highest BCUT2D eigenvalue weighted by molar-refractivity contribution is 9.10. The van der Waals surface area contributed by atoms with E-state index in [1.807, 2.05) is 31.2 Å². The van der Waals surface area contributed by atoms with Crippen molar-refractivity contribution >= 4 is 33.6 Å². The van der Waals surface area contributed by atoms with Crippen molar-refractivity contribution in [2.24, 2.45) is 0 Å². The summed E-state index contributed by atoms with van der Waals surface area (Å²) in [5.41, 5.74) is 2.28. The van der Waals surface area contributed by atoms with E-state index in [-0.39, 0.29) is 18.1 Å². The van der Waals surface area contributed by atoms with E-state index in [0.717, 1.165) is 10.0 Å². The van der Waals surface area contributed by atoms with Crippen molar-refractivity contribution in [1.82, 2.24) is 0 Å². The number of halogens is 1. The van der Waals surface area contributed by atoms with E-state index in [1.165, 1.54) is 6.08 Å². The lowest BCUT2D eigenvalue weighted by Crippen LogP contribution is -2.20. The number of rotatable bonds is 5. The zero-order valence-electron chi connectivity index (χ0n) is 13.4. The van der Waals surface area contributed by atoms with E-state index in [9.17, 15) is 4.79 Å². The number of nitrogens with one attached hydrogen (secondary N) is 1. The van der Waals surface area contributed by atoms with Crippen LogP contribution in [0.1, 0.15) is 11.1 Å². The molecule has 0 unspecified atom stereocenters. The second kappa shape index (κ2) is 8.68. The van der Waals surface area contributed by atoms with Gasteiger partial charge in [0.25, 0.3) is 5.91 Å². The van der Waals surface area contributed by atoms with Gasteiger partial charge in [-0.25, -0.2) is 0 Å². The summed E-state index contributed by atoms with van der Waals surface area (Å²) in [7, 11) is 0. The smallest absolute Gasteiger partial charge is 0.262 e. The molecule has 5 nitrogen and oxygen atoms in total. The molecule has 0 spiro atoms. The highest BCUT2D eigenvalue weighted by Crippen LogP contribution is 2.25. The molecule has 0 fully saturated rings. The van der Waals surface area contributed by atoms with Crippen LogP contribution in [0, 0.1) is 29.6 Å². The number of carbonyl (C=O) groups excluding carboxylic acids is 1. The number of hydrogen-bond acceptors (Lipinski definition) is 4. The number of hydrogen-bond donors (Lipinski definition) is 1. The molecule has 0 aliphatic heterocycles. The fraction of sp³-hybridized carbons (Fsp3) is 0.105. The summed E-state index contributed by atoms with van der Waals surface area (Å²) in [6.07, 6.45) is 1.41. The predicted molar refractivity (Wildman–Crippen MR) is 98.6 cm³/mol. The third-order valence-electron chi connectivity index (χ3n) is 3.21. The minimum atomic E-state index is -0.303. The van der Waals surface area contributed by atoms with Crippen LogP contribution in [0.2, 0.25) is 0 Å². The van der Waals surface area contributed by atoms with E-state index in [1.54, 1.807) is 30.3 Å². The normalized spacial score (nSPS) is 9.44. The molecule has 2 aromatic rings. The van der Waals surface area contributed by atoms with Gasteiger partial charge >= 0.3 is 0 Å². The van der Waals surface area contributed by atoms with Crippen molar-refractivity contribution in [3.05, 3.63) is 63.6 Å². The van der Waals surface area contributed by atoms with Gasteiger partial charge in [-0.2, -0.15) is 10.5 Å². The third kappa shape index (κ3) is 5.49. The summed E-state index contributed by atoms with van der Waals surface area (Å²) >= 11 is 3.33. The first-order valence-corrected chi connectivity index (χ1v) is 8.12. The number of amides is 1. The fourth-order valence-electron chi connectivity index (χ4n) is 1.99. The lowest BCUT2D eigenvalue weighted by molar-refractivity contribution is -0.118. The average molecular weight is 396 g/mol. The van der Waals surface area contributed by atoms with Crippen molar-refractivity contribution in [3.63, 3.8) is 0 Å². The molecule has 0 heterocycles. The van der Waals surface area contributed by atoms with E-state index < -0.39 is 0 Å². The molecule has 0 bridgehead atoms. The largest absolute Gasteiger partial charge is 0.483 e. The zero-order chi connectivity index (χ0) is 18.2. The van der Waals surface area contributed by atoms with Gasteiger partial charge in [0.05, 0.1) is 0 Å². The van der Waals surface area contributed by atoms with Gasteiger partial charge in [-0.15, -0.1) is 0 Å². The Morgan fingerprint density at radius 3 is 2.52 bits per heavy atom. The molecule has 0 saturated carbocycles. The number of ether oxygens (including phenoxy) is 1. The Morgan fingerprint density at radius 1 is 1.20 bits per heavy atom. The Hall–Kier alpha value is -3.09. The Bertz CT molecular complexity index is 874. The monoisotopic (exact) mass is 395 g/mol. The quantitative estimate of drug-likeness (QED) is 0.768. The van der Waals surface area contributed by atoms with E-state index >= 15 is 0 Å². The van der Waals surface area contributed by atoms with Gasteiger partial charge in [0, 0.05) is 15.7 Å². The van der Waals surface area contributed by atoms with Crippen LogP contribution < -0.4 is 10.1 Å². The summed E-state index contributed by atoms with van der Waals surface area (Å²) in [6, 6.07) is 16.2. The molecule has 0 atom stereocenters. The fourth-order valence-corrected chi connectivity index (χ4v) is 2.36. The Morgan fingerprint density at radius 2 is 1.88 bits per heavy atom. The maximum Gasteiger partial charge on any atom is 0.262 e. The summed E-state index contributed by atoms with van der Waals surface area (Å²) in [5, 5.41) is 20.5. The van der Waals surface area contributed by atoms with Crippen molar-refractivity contribution in [2.45, 2.75) is 6.92 Å². The van der Waals surface area contributed by atoms with Gasteiger partial charge in [-0.05, 0) is 43.3 Å². The van der Waals surface area contributed by atoms with Crippen LogP contribution in [0.25, 0.3) is 6.08 Å². The summed E-state index contributed by atoms with van der Waals surface area (Å²) in [4.78, 5) is 12.0. The molecule has 2 aromatic carbocycles. The summed E-state index contributed by atoms with van der Waals surface area (Å²) in [5.74, 6) is 0.104. The SMILES string of the molecule is Cc1ccc(NC(=O)COc2ccc(Br)cc2C=C(C#N)C#N)cc1. The Kier molecular flexibility index (Phi) is 6.33. The van der Waals surface area contributed by atoms with Crippen LogP contribution in [0.15, 0.2) is 52.5 Å². The van der Waals surface area contributed by atoms with Crippen molar-refractivity contribution in [1.29, 1.82) is 10.5 Å².